The zero-order valence-electron chi connectivity index (χ0n) is 26.4. The Kier molecular flexibility index (Phi) is 8.88. The van der Waals surface area contributed by atoms with Gasteiger partial charge in [0.1, 0.15) is 23.8 Å². The van der Waals surface area contributed by atoms with Crippen molar-refractivity contribution in [2.24, 2.45) is 0 Å². The van der Waals surface area contributed by atoms with E-state index in [0.29, 0.717) is 43.8 Å². The summed E-state index contributed by atoms with van der Waals surface area (Å²) in [7, 11) is -1.36. The van der Waals surface area contributed by atoms with Crippen LogP contribution in [0.5, 0.6) is 11.8 Å². The van der Waals surface area contributed by atoms with E-state index in [2.05, 4.69) is 24.6 Å². The van der Waals surface area contributed by atoms with E-state index in [1.807, 2.05) is 25.1 Å². The first-order chi connectivity index (χ1) is 21.5. The Morgan fingerprint density at radius 2 is 1.84 bits per heavy atom. The average Bonchev–Trinajstić information content (AvgIpc) is 3.60. The van der Waals surface area contributed by atoms with Gasteiger partial charge in [0.05, 0.1) is 36.0 Å². The van der Waals surface area contributed by atoms with Crippen LogP contribution in [0.1, 0.15) is 48.3 Å². The summed E-state index contributed by atoms with van der Waals surface area (Å²) in [5.74, 6) is -0.847. The van der Waals surface area contributed by atoms with Gasteiger partial charge in [-0.3, -0.25) is 4.57 Å². The second-order valence-electron chi connectivity index (χ2n) is 13.7. The van der Waals surface area contributed by atoms with Crippen molar-refractivity contribution in [1.82, 2.24) is 9.55 Å². The number of aryl methyl sites for hydroxylation is 1. The van der Waals surface area contributed by atoms with E-state index in [0.717, 1.165) is 29.2 Å². The number of ether oxygens (including phenoxy) is 3. The van der Waals surface area contributed by atoms with Gasteiger partial charge in [0.15, 0.2) is 5.82 Å². The molecular formula is C35H42F2N2O5Si. The van der Waals surface area contributed by atoms with E-state index in [4.69, 9.17) is 14.2 Å². The Labute approximate surface area is 263 Å². The maximum Gasteiger partial charge on any atom is 0.304 e. The summed E-state index contributed by atoms with van der Waals surface area (Å²) in [5, 5.41) is 20.2. The van der Waals surface area contributed by atoms with Crippen LogP contribution < -0.4 is 4.74 Å². The molecule has 2 heterocycles. The van der Waals surface area contributed by atoms with Gasteiger partial charge in [-0.15, -0.1) is 0 Å². The van der Waals surface area contributed by atoms with Crippen LogP contribution >= 0.6 is 0 Å². The number of aromatic nitrogens is 2. The fourth-order valence-electron chi connectivity index (χ4n) is 6.06. The fraction of sp³-hybridized carbons (Fsp3) is 0.457. The smallest absolute Gasteiger partial charge is 0.304 e. The summed E-state index contributed by atoms with van der Waals surface area (Å²) in [6.07, 6.45) is 2.83. The highest BCUT2D eigenvalue weighted by Gasteiger charge is 2.36. The summed E-state index contributed by atoms with van der Waals surface area (Å²) in [4.78, 5) is 4.57. The van der Waals surface area contributed by atoms with Gasteiger partial charge in [0.25, 0.3) is 0 Å². The second kappa shape index (κ2) is 12.6. The molecule has 1 aliphatic carbocycles. The van der Waals surface area contributed by atoms with Gasteiger partial charge in [0.2, 0.25) is 0 Å². The van der Waals surface area contributed by atoms with E-state index >= 15 is 8.78 Å². The number of hydrogen-bond donors (Lipinski definition) is 2. The minimum Gasteiger partial charge on any atom is -0.425 e. The van der Waals surface area contributed by atoms with Gasteiger partial charge in [-0.2, -0.15) is 4.98 Å². The molecular weight excluding hydrogens is 594 g/mol. The predicted molar refractivity (Wildman–Crippen MR) is 172 cm³/mol. The van der Waals surface area contributed by atoms with Crippen molar-refractivity contribution < 1.29 is 33.2 Å². The molecule has 2 aliphatic rings. The molecule has 0 radical (unpaired) electrons. The number of halogens is 2. The Balaban J connectivity index is 1.36. The third-order valence-corrected chi connectivity index (χ3v) is 10.9. The molecule has 1 aliphatic heterocycles. The molecule has 0 bridgehead atoms. The quantitative estimate of drug-likeness (QED) is 0.130. The first-order valence-electron chi connectivity index (χ1n) is 15.8. The van der Waals surface area contributed by atoms with E-state index < -0.39 is 25.3 Å². The second-order valence-corrected chi connectivity index (χ2v) is 19.4. The van der Waals surface area contributed by atoms with Crippen molar-refractivity contribution in [1.29, 1.82) is 0 Å². The van der Waals surface area contributed by atoms with Gasteiger partial charge >= 0.3 is 6.01 Å². The van der Waals surface area contributed by atoms with E-state index in [1.165, 1.54) is 6.07 Å². The highest BCUT2D eigenvalue weighted by molar-refractivity contribution is 6.76. The van der Waals surface area contributed by atoms with Crippen molar-refractivity contribution >= 4 is 19.1 Å². The molecule has 6 rings (SSSR count). The SMILES string of the molecule is Cc1ccc(C2COC(CO)C2)cc1Oc1nc2c(F)c(-c3ccc(C4(O)CCC4)cc3)c(F)cc2n1COCC[Si](C)(C)C. The molecule has 10 heteroatoms. The first-order valence-corrected chi connectivity index (χ1v) is 19.5. The minimum absolute atomic E-state index is 0.0133. The van der Waals surface area contributed by atoms with Crippen LogP contribution in [-0.4, -0.2) is 53.8 Å². The number of aliphatic hydroxyl groups is 2. The van der Waals surface area contributed by atoms with Crippen molar-refractivity contribution in [3.05, 3.63) is 76.9 Å². The number of nitrogens with zero attached hydrogens (tertiary/aromatic N) is 2. The molecule has 2 fully saturated rings. The van der Waals surface area contributed by atoms with Gasteiger partial charge < -0.3 is 24.4 Å². The van der Waals surface area contributed by atoms with Crippen LogP contribution in [0.4, 0.5) is 8.78 Å². The average molecular weight is 637 g/mol. The maximum atomic E-state index is 16.2. The first kappa shape index (κ1) is 31.8. The van der Waals surface area contributed by atoms with Crippen LogP contribution in [0.3, 0.4) is 0 Å². The van der Waals surface area contributed by atoms with Crippen molar-refractivity contribution in [3.63, 3.8) is 0 Å². The summed E-state index contributed by atoms with van der Waals surface area (Å²) >= 11 is 0. The standard InChI is InChI=1S/C35H42F2N2O5Si/c1-22-6-7-24(25-16-27(19-40)43-20-25)17-30(22)44-34-38-33-29(39(34)21-42-14-15-45(2,3)4)18-28(36)31(32(33)37)23-8-10-26(11-9-23)35(41)12-5-13-35/h6-11,17-18,25,27,40-41H,5,12-16,19-21H2,1-4H3. The lowest BCUT2D eigenvalue weighted by Gasteiger charge is -2.37. The summed E-state index contributed by atoms with van der Waals surface area (Å²) in [6, 6.07) is 15.0. The minimum atomic E-state index is -1.36. The molecule has 4 aromatic rings. The largest absolute Gasteiger partial charge is 0.425 e. The Hall–Kier alpha value is -3.15. The lowest BCUT2D eigenvalue weighted by molar-refractivity contribution is -0.0387. The van der Waals surface area contributed by atoms with Crippen LogP contribution in [0.2, 0.25) is 25.7 Å². The van der Waals surface area contributed by atoms with Crippen molar-refractivity contribution in [2.75, 3.05) is 19.8 Å². The van der Waals surface area contributed by atoms with E-state index in [9.17, 15) is 10.2 Å². The summed E-state index contributed by atoms with van der Waals surface area (Å²) < 4.78 is 51.6. The Morgan fingerprint density at radius 3 is 2.49 bits per heavy atom. The number of imidazole rings is 1. The molecule has 0 amide bonds. The van der Waals surface area contributed by atoms with E-state index in [-0.39, 0.29) is 48.0 Å². The Morgan fingerprint density at radius 1 is 1.09 bits per heavy atom. The molecule has 240 valence electrons. The van der Waals surface area contributed by atoms with Gasteiger partial charge in [0, 0.05) is 26.7 Å². The van der Waals surface area contributed by atoms with Crippen LogP contribution in [0.15, 0.2) is 48.5 Å². The predicted octanol–water partition coefficient (Wildman–Crippen LogP) is 7.63. The lowest BCUT2D eigenvalue weighted by atomic mass is 9.75. The zero-order chi connectivity index (χ0) is 31.9. The molecule has 2 N–H and O–H groups in total. The molecule has 3 aromatic carbocycles. The van der Waals surface area contributed by atoms with Crippen molar-refractivity contribution in [2.45, 2.75) is 82.6 Å². The molecule has 1 saturated heterocycles. The topological polar surface area (TPSA) is 86.0 Å². The molecule has 2 atom stereocenters. The molecule has 1 aromatic heterocycles. The van der Waals surface area contributed by atoms with E-state index in [1.54, 1.807) is 28.8 Å². The van der Waals surface area contributed by atoms with Crippen LogP contribution in [0.25, 0.3) is 22.2 Å². The number of aliphatic hydroxyl groups excluding tert-OH is 1. The molecule has 0 spiro atoms. The van der Waals surface area contributed by atoms with Crippen LogP contribution in [0, 0.1) is 18.6 Å². The van der Waals surface area contributed by atoms with Crippen LogP contribution in [-0.2, 0) is 21.8 Å². The third kappa shape index (κ3) is 6.57. The molecule has 45 heavy (non-hydrogen) atoms. The lowest BCUT2D eigenvalue weighted by Crippen LogP contribution is -2.33. The van der Waals surface area contributed by atoms with Crippen molar-refractivity contribution in [3.8, 4) is 22.9 Å². The summed E-state index contributed by atoms with van der Waals surface area (Å²) in [6.45, 7) is 9.72. The number of benzene rings is 3. The zero-order valence-corrected chi connectivity index (χ0v) is 27.4. The van der Waals surface area contributed by atoms with Gasteiger partial charge in [-0.25, -0.2) is 8.78 Å². The summed E-state index contributed by atoms with van der Waals surface area (Å²) in [5.41, 5.74) is 2.17. The highest BCUT2D eigenvalue weighted by atomic mass is 28.3. The number of fused-ring (bicyclic) bond motifs is 1. The molecule has 1 saturated carbocycles. The molecule has 2 unspecified atom stereocenters. The highest BCUT2D eigenvalue weighted by Crippen LogP contribution is 2.42. The monoisotopic (exact) mass is 636 g/mol. The molecule has 7 nitrogen and oxygen atoms in total. The Bertz CT molecular complexity index is 1680. The third-order valence-electron chi connectivity index (χ3n) is 9.18. The van der Waals surface area contributed by atoms with Gasteiger partial charge in [-0.1, -0.05) is 56.0 Å². The number of rotatable bonds is 11. The number of hydrogen-bond acceptors (Lipinski definition) is 6. The van der Waals surface area contributed by atoms with Gasteiger partial charge in [-0.05, 0) is 67.0 Å². The fourth-order valence-corrected chi connectivity index (χ4v) is 6.82. The maximum absolute atomic E-state index is 16.2. The normalized spacial score (nSPS) is 19.6.